The SMILES string of the molecule is COc1ccc(NC(=O)[C@H]2CC(=O)N(c3ccc(C)c(C)c3)C2)c(-n2c(C)ccc2C)c1. The molecule has 6 heteroatoms. The number of methoxy groups -OCH3 is 1. The number of ether oxygens (including phenoxy) is 1. The highest BCUT2D eigenvalue weighted by Crippen LogP contribution is 2.31. The lowest BCUT2D eigenvalue weighted by Crippen LogP contribution is -2.28. The number of nitrogens with one attached hydrogen (secondary N) is 1. The Bertz CT molecular complexity index is 1180. The molecule has 0 spiro atoms. The minimum atomic E-state index is -0.411. The number of aromatic nitrogens is 1. The number of benzene rings is 2. The van der Waals surface area contributed by atoms with E-state index in [0.29, 0.717) is 18.0 Å². The third kappa shape index (κ3) is 4.00. The predicted octanol–water partition coefficient (Wildman–Crippen LogP) is 4.71. The monoisotopic (exact) mass is 431 g/mol. The van der Waals surface area contributed by atoms with Crippen LogP contribution in [0.15, 0.2) is 48.5 Å². The normalized spacial score (nSPS) is 15.8. The lowest BCUT2D eigenvalue weighted by Gasteiger charge is -2.19. The Kier molecular flexibility index (Phi) is 5.78. The summed E-state index contributed by atoms with van der Waals surface area (Å²) in [6.45, 7) is 8.49. The van der Waals surface area contributed by atoms with E-state index in [-0.39, 0.29) is 18.2 Å². The van der Waals surface area contributed by atoms with Crippen molar-refractivity contribution in [3.63, 3.8) is 0 Å². The molecule has 2 heterocycles. The maximum absolute atomic E-state index is 13.2. The van der Waals surface area contributed by atoms with Crippen LogP contribution in [0.4, 0.5) is 11.4 Å². The first-order chi connectivity index (χ1) is 15.3. The molecule has 1 fully saturated rings. The molecule has 1 aliphatic heterocycles. The summed E-state index contributed by atoms with van der Waals surface area (Å²) in [5.74, 6) is 0.118. The van der Waals surface area contributed by atoms with E-state index in [1.807, 2.05) is 76.2 Å². The summed E-state index contributed by atoms with van der Waals surface area (Å²) in [5.41, 5.74) is 6.80. The number of hydrogen-bond donors (Lipinski definition) is 1. The van der Waals surface area contributed by atoms with Gasteiger partial charge in [0.05, 0.1) is 24.4 Å². The van der Waals surface area contributed by atoms with Crippen molar-refractivity contribution in [2.75, 3.05) is 23.9 Å². The number of anilines is 2. The van der Waals surface area contributed by atoms with Crippen molar-refractivity contribution < 1.29 is 14.3 Å². The number of rotatable bonds is 5. The molecular formula is C26H29N3O3. The van der Waals surface area contributed by atoms with Crippen molar-refractivity contribution in [3.05, 3.63) is 71.0 Å². The van der Waals surface area contributed by atoms with Gasteiger partial charge in [0.1, 0.15) is 5.75 Å². The van der Waals surface area contributed by atoms with Crippen molar-refractivity contribution in [3.8, 4) is 11.4 Å². The molecule has 32 heavy (non-hydrogen) atoms. The Labute approximate surface area is 188 Å². The molecular weight excluding hydrogens is 402 g/mol. The summed E-state index contributed by atoms with van der Waals surface area (Å²) in [4.78, 5) is 27.6. The number of amides is 2. The van der Waals surface area contributed by atoms with E-state index in [0.717, 1.165) is 28.3 Å². The van der Waals surface area contributed by atoms with Gasteiger partial charge in [-0.3, -0.25) is 9.59 Å². The quantitative estimate of drug-likeness (QED) is 0.636. The second-order valence-electron chi connectivity index (χ2n) is 8.50. The van der Waals surface area contributed by atoms with Gasteiger partial charge >= 0.3 is 0 Å². The van der Waals surface area contributed by atoms with Gasteiger partial charge in [-0.2, -0.15) is 0 Å². The maximum Gasteiger partial charge on any atom is 0.229 e. The van der Waals surface area contributed by atoms with Gasteiger partial charge in [-0.25, -0.2) is 0 Å². The average molecular weight is 432 g/mol. The summed E-state index contributed by atoms with van der Waals surface area (Å²) in [5, 5.41) is 3.07. The van der Waals surface area contributed by atoms with Crippen LogP contribution in [-0.4, -0.2) is 30.0 Å². The lowest BCUT2D eigenvalue weighted by atomic mass is 10.1. The Morgan fingerprint density at radius 2 is 1.69 bits per heavy atom. The van der Waals surface area contributed by atoms with Crippen LogP contribution in [-0.2, 0) is 9.59 Å². The van der Waals surface area contributed by atoms with Gasteiger partial charge in [-0.15, -0.1) is 0 Å². The molecule has 2 amide bonds. The maximum atomic E-state index is 13.2. The molecule has 0 aliphatic carbocycles. The zero-order valence-corrected chi connectivity index (χ0v) is 19.2. The summed E-state index contributed by atoms with van der Waals surface area (Å²) in [6, 6.07) is 15.6. The smallest absolute Gasteiger partial charge is 0.229 e. The number of carbonyl (C=O) groups excluding carboxylic acids is 2. The molecule has 0 radical (unpaired) electrons. The van der Waals surface area contributed by atoms with Crippen LogP contribution in [0.2, 0.25) is 0 Å². The van der Waals surface area contributed by atoms with Gasteiger partial charge in [-0.1, -0.05) is 6.07 Å². The summed E-state index contributed by atoms with van der Waals surface area (Å²) >= 11 is 0. The van der Waals surface area contributed by atoms with Crippen molar-refractivity contribution >= 4 is 23.2 Å². The van der Waals surface area contributed by atoms with Crippen LogP contribution in [0.3, 0.4) is 0 Å². The highest BCUT2D eigenvalue weighted by Gasteiger charge is 2.35. The van der Waals surface area contributed by atoms with Crippen molar-refractivity contribution in [1.29, 1.82) is 0 Å². The van der Waals surface area contributed by atoms with Crippen LogP contribution in [0, 0.1) is 33.6 Å². The van der Waals surface area contributed by atoms with Gasteiger partial charge in [-0.05, 0) is 75.2 Å². The number of hydrogen-bond acceptors (Lipinski definition) is 3. The zero-order chi connectivity index (χ0) is 23.0. The lowest BCUT2D eigenvalue weighted by molar-refractivity contribution is -0.122. The molecule has 0 unspecified atom stereocenters. The average Bonchev–Trinajstić information content (AvgIpc) is 3.32. The molecule has 4 rings (SSSR count). The Morgan fingerprint density at radius 3 is 2.34 bits per heavy atom. The molecule has 1 aliphatic rings. The third-order valence-corrected chi connectivity index (χ3v) is 6.27. The molecule has 6 nitrogen and oxygen atoms in total. The highest BCUT2D eigenvalue weighted by molar-refractivity contribution is 6.04. The van der Waals surface area contributed by atoms with Crippen LogP contribution in [0.1, 0.15) is 28.9 Å². The van der Waals surface area contributed by atoms with Crippen molar-refractivity contribution in [2.24, 2.45) is 5.92 Å². The summed E-state index contributed by atoms with van der Waals surface area (Å²) < 4.78 is 7.49. The Hall–Kier alpha value is -3.54. The molecule has 0 bridgehead atoms. The van der Waals surface area contributed by atoms with Crippen LogP contribution in [0.25, 0.3) is 5.69 Å². The predicted molar refractivity (Wildman–Crippen MR) is 127 cm³/mol. The Morgan fingerprint density at radius 1 is 0.969 bits per heavy atom. The van der Waals surface area contributed by atoms with E-state index in [1.54, 1.807) is 12.0 Å². The van der Waals surface area contributed by atoms with Crippen molar-refractivity contribution in [2.45, 2.75) is 34.1 Å². The van der Waals surface area contributed by atoms with E-state index < -0.39 is 5.92 Å². The fraction of sp³-hybridized carbons (Fsp3) is 0.308. The first-order valence-electron chi connectivity index (χ1n) is 10.8. The highest BCUT2D eigenvalue weighted by atomic mass is 16.5. The van der Waals surface area contributed by atoms with E-state index in [9.17, 15) is 9.59 Å². The minimum Gasteiger partial charge on any atom is -0.497 e. The fourth-order valence-corrected chi connectivity index (χ4v) is 4.24. The largest absolute Gasteiger partial charge is 0.497 e. The van der Waals surface area contributed by atoms with Gasteiger partial charge in [0, 0.05) is 36.1 Å². The molecule has 166 valence electrons. The van der Waals surface area contributed by atoms with Crippen LogP contribution < -0.4 is 15.0 Å². The van der Waals surface area contributed by atoms with E-state index in [2.05, 4.69) is 9.88 Å². The molecule has 1 saturated heterocycles. The number of nitrogens with zero attached hydrogens (tertiary/aromatic N) is 2. The fourth-order valence-electron chi connectivity index (χ4n) is 4.24. The number of carbonyl (C=O) groups is 2. The molecule has 0 saturated carbocycles. The molecule has 1 N–H and O–H groups in total. The zero-order valence-electron chi connectivity index (χ0n) is 19.2. The number of aryl methyl sites for hydroxylation is 4. The first kappa shape index (κ1) is 21.7. The second kappa shape index (κ2) is 8.54. The van der Waals surface area contributed by atoms with Gasteiger partial charge < -0.3 is 19.5 Å². The molecule has 3 aromatic rings. The third-order valence-electron chi connectivity index (χ3n) is 6.27. The topological polar surface area (TPSA) is 63.6 Å². The minimum absolute atomic E-state index is 0.0274. The summed E-state index contributed by atoms with van der Waals surface area (Å²) in [7, 11) is 1.62. The molecule has 1 atom stereocenters. The second-order valence-corrected chi connectivity index (χ2v) is 8.50. The van der Waals surface area contributed by atoms with E-state index in [4.69, 9.17) is 4.74 Å². The van der Waals surface area contributed by atoms with Gasteiger partial charge in [0.2, 0.25) is 11.8 Å². The van der Waals surface area contributed by atoms with Gasteiger partial charge in [0.25, 0.3) is 0 Å². The first-order valence-corrected chi connectivity index (χ1v) is 10.8. The Balaban J connectivity index is 1.58. The van der Waals surface area contributed by atoms with Gasteiger partial charge in [0.15, 0.2) is 0 Å². The van der Waals surface area contributed by atoms with Crippen LogP contribution in [0.5, 0.6) is 5.75 Å². The summed E-state index contributed by atoms with van der Waals surface area (Å²) in [6.07, 6.45) is 0.200. The molecule has 1 aromatic heterocycles. The van der Waals surface area contributed by atoms with Crippen molar-refractivity contribution in [1.82, 2.24) is 4.57 Å². The standard InChI is InChI=1S/C26H29N3O3/c1-16-6-9-21(12-17(16)2)28-15-20(13-25(28)30)26(31)27-23-11-10-22(32-5)14-24(23)29-18(3)7-8-19(29)4/h6-12,14,20H,13,15H2,1-5H3,(H,27,31)/t20-/m0/s1. The molecule has 2 aromatic carbocycles. The van der Waals surface area contributed by atoms with E-state index in [1.165, 1.54) is 5.56 Å². The van der Waals surface area contributed by atoms with Crippen LogP contribution >= 0.6 is 0 Å². The van der Waals surface area contributed by atoms with E-state index >= 15 is 0 Å².